The van der Waals surface area contributed by atoms with E-state index in [1.165, 1.54) is 12.3 Å². The molecular weight excluding hydrogens is 433 g/mol. The van der Waals surface area contributed by atoms with Crippen LogP contribution in [0.25, 0.3) is 10.9 Å². The second-order valence-corrected chi connectivity index (χ2v) is 8.27. The average molecular weight is 461 g/mol. The Labute approximate surface area is 190 Å². The van der Waals surface area contributed by atoms with Crippen molar-refractivity contribution in [3.63, 3.8) is 0 Å². The average Bonchev–Trinajstić information content (AvgIpc) is 2.78. The van der Waals surface area contributed by atoms with Crippen LogP contribution in [0.4, 0.5) is 10.1 Å². The van der Waals surface area contributed by atoms with E-state index in [0.717, 1.165) is 13.1 Å². The minimum atomic E-state index is -0.723. The highest BCUT2D eigenvalue weighted by Crippen LogP contribution is 2.42. The smallest absolute Gasteiger partial charge is 0.321 e. The van der Waals surface area contributed by atoms with Crippen molar-refractivity contribution >= 4 is 28.5 Å². The van der Waals surface area contributed by atoms with Crippen LogP contribution in [0.5, 0.6) is 5.75 Å². The van der Waals surface area contributed by atoms with Gasteiger partial charge in [-0.05, 0) is 27.0 Å². The van der Waals surface area contributed by atoms with Gasteiger partial charge in [-0.2, -0.15) is 0 Å². The quantitative estimate of drug-likeness (QED) is 0.477. The summed E-state index contributed by atoms with van der Waals surface area (Å²) in [7, 11) is 2.02. The lowest BCUT2D eigenvalue weighted by molar-refractivity contribution is -0.142. The minimum absolute atomic E-state index is 0.0740. The molecule has 4 rings (SSSR count). The maximum absolute atomic E-state index is 15.3. The van der Waals surface area contributed by atoms with E-state index in [4.69, 9.17) is 9.47 Å². The fourth-order valence-corrected chi connectivity index (χ4v) is 4.17. The molecule has 0 bridgehead atoms. The molecule has 1 amide bonds. The van der Waals surface area contributed by atoms with E-state index in [9.17, 15) is 14.4 Å². The number of piperazine rings is 1. The molecular formula is C22H28FN5O5. The van der Waals surface area contributed by atoms with Crippen molar-refractivity contribution in [3.8, 4) is 5.75 Å². The Kier molecular flexibility index (Phi) is 6.52. The number of nitrogens with zero attached hydrogens (tertiary/aromatic N) is 3. The summed E-state index contributed by atoms with van der Waals surface area (Å²) in [6.45, 7) is 6.67. The van der Waals surface area contributed by atoms with E-state index < -0.39 is 23.1 Å². The van der Waals surface area contributed by atoms with Gasteiger partial charge in [-0.15, -0.1) is 0 Å². The molecule has 2 aliphatic rings. The Balaban J connectivity index is 1.73. The van der Waals surface area contributed by atoms with Crippen molar-refractivity contribution < 1.29 is 23.5 Å². The van der Waals surface area contributed by atoms with Crippen LogP contribution in [-0.4, -0.2) is 74.3 Å². The number of benzene rings is 1. The van der Waals surface area contributed by atoms with Crippen LogP contribution in [-0.2, 0) is 9.53 Å². The van der Waals surface area contributed by atoms with Gasteiger partial charge < -0.3 is 23.8 Å². The van der Waals surface area contributed by atoms with Gasteiger partial charge >= 0.3 is 5.97 Å². The fraction of sp³-hybridized carbons (Fsp3) is 0.500. The Hall–Kier alpha value is -3.18. The summed E-state index contributed by atoms with van der Waals surface area (Å²) in [6, 6.07) is 1.01. The number of likely N-dealkylation sites (N-methyl/N-ethyl adjacent to an activating group) is 1. The van der Waals surface area contributed by atoms with Gasteiger partial charge in [0.1, 0.15) is 24.4 Å². The van der Waals surface area contributed by atoms with Crippen molar-refractivity contribution in [2.45, 2.75) is 19.9 Å². The van der Waals surface area contributed by atoms with Crippen molar-refractivity contribution in [1.29, 1.82) is 0 Å². The maximum Gasteiger partial charge on any atom is 0.321 e. The van der Waals surface area contributed by atoms with Crippen LogP contribution in [0.15, 0.2) is 17.1 Å². The second-order valence-electron chi connectivity index (χ2n) is 8.27. The molecule has 10 nitrogen and oxygen atoms in total. The van der Waals surface area contributed by atoms with Crippen LogP contribution in [0.1, 0.15) is 30.2 Å². The molecule has 0 saturated carbocycles. The molecule has 1 atom stereocenters. The van der Waals surface area contributed by atoms with Gasteiger partial charge in [-0.3, -0.25) is 19.8 Å². The topological polar surface area (TPSA) is 105 Å². The van der Waals surface area contributed by atoms with E-state index in [1.54, 1.807) is 11.5 Å². The number of halogens is 1. The first-order valence-electron chi connectivity index (χ1n) is 11.0. The van der Waals surface area contributed by atoms with E-state index in [1.807, 2.05) is 18.9 Å². The zero-order valence-corrected chi connectivity index (χ0v) is 18.9. The fourth-order valence-electron chi connectivity index (χ4n) is 4.17. The number of anilines is 1. The molecule has 0 radical (unpaired) electrons. The van der Waals surface area contributed by atoms with Crippen LogP contribution >= 0.6 is 0 Å². The van der Waals surface area contributed by atoms with Crippen molar-refractivity contribution in [2.24, 2.45) is 0 Å². The molecule has 0 unspecified atom stereocenters. The predicted octanol–water partition coefficient (Wildman–Crippen LogP) is 0.643. The first kappa shape index (κ1) is 23.0. The van der Waals surface area contributed by atoms with Crippen LogP contribution in [0.2, 0.25) is 0 Å². The van der Waals surface area contributed by atoms with Crippen LogP contribution < -0.4 is 25.9 Å². The Bertz CT molecular complexity index is 1140. The van der Waals surface area contributed by atoms with Gasteiger partial charge in [-0.1, -0.05) is 0 Å². The summed E-state index contributed by atoms with van der Waals surface area (Å²) in [6.07, 6.45) is 1.47. The van der Waals surface area contributed by atoms with Gasteiger partial charge in [0.25, 0.3) is 5.91 Å². The summed E-state index contributed by atoms with van der Waals surface area (Å²) in [5.74, 6) is -1.49. The summed E-state index contributed by atoms with van der Waals surface area (Å²) in [5.41, 5.74) is 4.84. The molecule has 1 saturated heterocycles. The minimum Gasteiger partial charge on any atom is -0.487 e. The van der Waals surface area contributed by atoms with Gasteiger partial charge in [-0.25, -0.2) is 9.82 Å². The number of rotatable bonds is 6. The SMILES string of the molecule is CCOC(=O)CNNC(=O)c1cn2c3c(c(N4CCN(C)CC4)c(F)cc3c1=O)OC[C@@H]2C. The monoisotopic (exact) mass is 461 g/mol. The summed E-state index contributed by atoms with van der Waals surface area (Å²) >= 11 is 0. The summed E-state index contributed by atoms with van der Waals surface area (Å²) in [5, 5.41) is 0.0740. The first-order chi connectivity index (χ1) is 15.8. The number of hydrogen-bond acceptors (Lipinski definition) is 8. The number of nitrogens with one attached hydrogen (secondary N) is 2. The molecule has 3 heterocycles. The summed E-state index contributed by atoms with van der Waals surface area (Å²) < 4.78 is 27.8. The lowest BCUT2D eigenvalue weighted by atomic mass is 10.0. The lowest BCUT2D eigenvalue weighted by Gasteiger charge is -2.37. The van der Waals surface area contributed by atoms with Crippen molar-refractivity contribution in [2.75, 3.05) is 57.9 Å². The van der Waals surface area contributed by atoms with Crippen LogP contribution in [0, 0.1) is 5.82 Å². The molecule has 33 heavy (non-hydrogen) atoms. The molecule has 0 spiro atoms. The number of carbonyl (C=O) groups is 2. The number of hydrogen-bond donors (Lipinski definition) is 2. The molecule has 2 N–H and O–H groups in total. The summed E-state index contributed by atoms with van der Waals surface area (Å²) in [4.78, 5) is 41.4. The Morgan fingerprint density at radius 1 is 1.27 bits per heavy atom. The number of amides is 1. The predicted molar refractivity (Wildman–Crippen MR) is 120 cm³/mol. The molecule has 2 aliphatic heterocycles. The highest BCUT2D eigenvalue weighted by atomic mass is 19.1. The molecule has 1 fully saturated rings. The molecule has 11 heteroatoms. The van der Waals surface area contributed by atoms with E-state index >= 15 is 4.39 Å². The third-order valence-corrected chi connectivity index (χ3v) is 5.95. The largest absolute Gasteiger partial charge is 0.487 e. The third-order valence-electron chi connectivity index (χ3n) is 5.95. The van der Waals surface area contributed by atoms with Crippen LogP contribution in [0.3, 0.4) is 0 Å². The standard InChI is InChI=1S/C22H28FN5O5/c1-4-32-17(29)10-24-25-22(31)15-11-28-13(2)12-33-21-18(28)14(20(15)30)9-16(23)19(21)27-7-5-26(3)6-8-27/h9,11,13,24H,4-8,10,12H2,1-3H3,(H,25,31)/t13-/m0/s1. The molecule has 1 aromatic heterocycles. The third kappa shape index (κ3) is 4.38. The zero-order valence-electron chi connectivity index (χ0n) is 18.9. The maximum atomic E-state index is 15.3. The molecule has 0 aliphatic carbocycles. The van der Waals surface area contributed by atoms with E-state index in [0.29, 0.717) is 30.0 Å². The zero-order chi connectivity index (χ0) is 23.7. The van der Waals surface area contributed by atoms with Gasteiger partial charge in [0, 0.05) is 32.4 Å². The van der Waals surface area contributed by atoms with E-state index in [2.05, 4.69) is 15.8 Å². The number of ether oxygens (including phenoxy) is 2. The molecule has 2 aromatic rings. The number of esters is 1. The first-order valence-corrected chi connectivity index (χ1v) is 11.0. The Morgan fingerprint density at radius 2 is 2.00 bits per heavy atom. The van der Waals surface area contributed by atoms with Crippen molar-refractivity contribution in [3.05, 3.63) is 33.9 Å². The van der Waals surface area contributed by atoms with E-state index in [-0.39, 0.29) is 36.8 Å². The normalized spacial score (nSPS) is 18.2. The Morgan fingerprint density at radius 3 is 2.70 bits per heavy atom. The highest BCUT2D eigenvalue weighted by molar-refractivity contribution is 6.00. The number of aromatic nitrogens is 1. The van der Waals surface area contributed by atoms with Gasteiger partial charge in [0.05, 0.1) is 23.6 Å². The lowest BCUT2D eigenvalue weighted by Crippen LogP contribution is -2.45. The molecule has 178 valence electrons. The number of pyridine rings is 1. The van der Waals surface area contributed by atoms with Gasteiger partial charge in [0.2, 0.25) is 5.43 Å². The number of hydrazine groups is 1. The second kappa shape index (κ2) is 9.36. The number of carbonyl (C=O) groups excluding carboxylic acids is 2. The van der Waals surface area contributed by atoms with Gasteiger partial charge in [0.15, 0.2) is 11.6 Å². The molecule has 1 aromatic carbocycles. The van der Waals surface area contributed by atoms with Crippen molar-refractivity contribution in [1.82, 2.24) is 20.3 Å². The highest BCUT2D eigenvalue weighted by Gasteiger charge is 2.31.